The Labute approximate surface area is 215 Å². The molecule has 2 aromatic heterocycles. The second kappa shape index (κ2) is 11.0. The number of aromatic amines is 1. The van der Waals surface area contributed by atoms with Crippen LogP contribution in [0.2, 0.25) is 0 Å². The van der Waals surface area contributed by atoms with Gasteiger partial charge in [-0.15, -0.1) is 11.3 Å². The molecule has 0 unspecified atom stereocenters. The van der Waals surface area contributed by atoms with E-state index in [0.29, 0.717) is 43.4 Å². The molecule has 186 valence electrons. The number of hydrogen-bond acceptors (Lipinski definition) is 8. The molecule has 5 rings (SSSR count). The summed E-state index contributed by atoms with van der Waals surface area (Å²) in [5, 5.41) is 24.3. The highest BCUT2D eigenvalue weighted by Crippen LogP contribution is 2.46. The molecule has 2 amide bonds. The maximum absolute atomic E-state index is 13.7. The van der Waals surface area contributed by atoms with E-state index in [1.165, 1.54) is 29.9 Å². The normalized spacial score (nSPS) is 13.5. The molecule has 0 atom stereocenters. The first-order valence-corrected chi connectivity index (χ1v) is 12.2. The van der Waals surface area contributed by atoms with E-state index in [9.17, 15) is 14.4 Å². The first kappa shape index (κ1) is 24.1. The van der Waals surface area contributed by atoms with Crippen molar-refractivity contribution in [3.05, 3.63) is 71.8 Å². The number of carbonyl (C=O) groups excluding carboxylic acids is 1. The lowest BCUT2D eigenvalue weighted by molar-refractivity contribution is 0.123. The summed E-state index contributed by atoms with van der Waals surface area (Å²) < 4.78 is 19.1. The first-order chi connectivity index (χ1) is 18.1. The average molecular weight is 517 g/mol. The third kappa shape index (κ3) is 5.32. The summed E-state index contributed by atoms with van der Waals surface area (Å²) in [7, 11) is 0. The molecule has 37 heavy (non-hydrogen) atoms. The minimum Gasteiger partial charge on any atom is -0.378 e. The third-order valence-corrected chi connectivity index (χ3v) is 6.89. The van der Waals surface area contributed by atoms with Gasteiger partial charge in [0.05, 0.1) is 29.9 Å². The fourth-order valence-corrected chi connectivity index (χ4v) is 5.16. The number of hydrazone groups is 1. The maximum atomic E-state index is 13.7. The summed E-state index contributed by atoms with van der Waals surface area (Å²) in [6.45, 7) is 2.59. The van der Waals surface area contributed by atoms with Gasteiger partial charge in [-0.1, -0.05) is 30.3 Å². The van der Waals surface area contributed by atoms with E-state index in [4.69, 9.17) is 4.74 Å². The number of rotatable bonds is 6. The molecule has 1 fully saturated rings. The molecule has 4 aromatic rings. The highest BCUT2D eigenvalue weighted by Gasteiger charge is 2.26. The number of ether oxygens (including phenoxy) is 1. The predicted octanol–water partition coefficient (Wildman–Crippen LogP) is 4.20. The fraction of sp³-hybridized carbons (Fsp3) is 0.160. The molecule has 0 aliphatic carbocycles. The Morgan fingerprint density at radius 1 is 1.22 bits per heavy atom. The van der Waals surface area contributed by atoms with Gasteiger partial charge in [-0.2, -0.15) is 15.5 Å². The Balaban J connectivity index is 1.37. The summed E-state index contributed by atoms with van der Waals surface area (Å²) in [5.74, 6) is 0.140. The Morgan fingerprint density at radius 3 is 2.70 bits per heavy atom. The maximum Gasteiger partial charge on any atom is 0.339 e. The number of nitrogens with zero attached hydrogens (tertiary/aromatic N) is 5. The van der Waals surface area contributed by atoms with Crippen LogP contribution in [0.15, 0.2) is 60.0 Å². The van der Waals surface area contributed by atoms with Crippen molar-refractivity contribution in [1.29, 1.82) is 5.26 Å². The molecule has 3 N–H and O–H groups in total. The average Bonchev–Trinajstić information content (AvgIpc) is 3.59. The van der Waals surface area contributed by atoms with Gasteiger partial charge in [0.2, 0.25) is 0 Å². The van der Waals surface area contributed by atoms with E-state index in [-0.39, 0.29) is 5.56 Å². The van der Waals surface area contributed by atoms with E-state index < -0.39 is 11.8 Å². The lowest BCUT2D eigenvalue weighted by atomic mass is 10.0. The van der Waals surface area contributed by atoms with Gasteiger partial charge < -0.3 is 15.0 Å². The summed E-state index contributed by atoms with van der Waals surface area (Å²) in [6.07, 6.45) is 2.66. The summed E-state index contributed by atoms with van der Waals surface area (Å²) in [4.78, 5) is 19.5. The van der Waals surface area contributed by atoms with Crippen molar-refractivity contribution in [2.24, 2.45) is 5.10 Å². The van der Waals surface area contributed by atoms with Crippen LogP contribution < -0.4 is 15.6 Å². The lowest BCUT2D eigenvalue weighted by Gasteiger charge is -2.27. The largest absolute Gasteiger partial charge is 0.378 e. The molecule has 1 aliphatic heterocycles. The fourth-order valence-electron chi connectivity index (χ4n) is 3.89. The molecule has 2 aromatic carbocycles. The molecule has 0 bridgehead atoms. The van der Waals surface area contributed by atoms with E-state index in [2.05, 4.69) is 42.0 Å². The molecule has 10 nitrogen and oxygen atoms in total. The molecule has 0 radical (unpaired) electrons. The third-order valence-electron chi connectivity index (χ3n) is 5.64. The Morgan fingerprint density at radius 2 is 2.00 bits per heavy atom. The standard InChI is InChI=1S/C25H21FN8O2S/c26-20-4-2-1-3-17(20)14-29-33-25(35)31-18-7-5-16(6-8-18)21-19(13-27)24(34-9-11-36-12-10-34)37-22(21)23-28-15-30-32-23/h1-8,14-15H,9-12H2,(H,28,30,32)(H2,31,33,35)/b29-14+. The number of halogens is 1. The molecule has 0 saturated carbocycles. The minimum atomic E-state index is -0.578. The van der Waals surface area contributed by atoms with Crippen molar-refractivity contribution in [1.82, 2.24) is 20.6 Å². The molecule has 3 heterocycles. The lowest BCUT2D eigenvalue weighted by Crippen LogP contribution is -2.36. The van der Waals surface area contributed by atoms with Crippen LogP contribution in [0.3, 0.4) is 0 Å². The Kier molecular flexibility index (Phi) is 7.16. The topological polar surface area (TPSA) is 131 Å². The zero-order valence-corrected chi connectivity index (χ0v) is 20.3. The SMILES string of the molecule is N#Cc1c(N2CCOCC2)sc(-c2ncn[nH]2)c1-c1ccc(NC(=O)N/N=C/c2ccccc2F)cc1. The number of amides is 2. The molecular formula is C25H21FN8O2S. The van der Waals surface area contributed by atoms with Crippen molar-refractivity contribution in [3.63, 3.8) is 0 Å². The number of anilines is 2. The summed E-state index contributed by atoms with van der Waals surface area (Å²) >= 11 is 1.48. The Bertz CT molecular complexity index is 1460. The highest BCUT2D eigenvalue weighted by atomic mass is 32.1. The van der Waals surface area contributed by atoms with Crippen LogP contribution >= 0.6 is 11.3 Å². The number of thiophene rings is 1. The molecule has 12 heteroatoms. The molecular weight excluding hydrogens is 495 g/mol. The van der Waals surface area contributed by atoms with Crippen LogP contribution in [-0.2, 0) is 4.74 Å². The van der Waals surface area contributed by atoms with Crippen LogP contribution in [0, 0.1) is 17.1 Å². The van der Waals surface area contributed by atoms with Gasteiger partial charge in [-0.05, 0) is 23.8 Å². The summed E-state index contributed by atoms with van der Waals surface area (Å²) in [6, 6.07) is 15.0. The number of aromatic nitrogens is 3. The van der Waals surface area contributed by atoms with Gasteiger partial charge in [0.15, 0.2) is 5.82 Å². The van der Waals surface area contributed by atoms with Crippen LogP contribution in [0.1, 0.15) is 11.1 Å². The predicted molar refractivity (Wildman–Crippen MR) is 139 cm³/mol. The minimum absolute atomic E-state index is 0.259. The number of carbonyl (C=O) groups is 1. The molecule has 1 aliphatic rings. The van der Waals surface area contributed by atoms with Gasteiger partial charge in [0, 0.05) is 29.9 Å². The van der Waals surface area contributed by atoms with Crippen molar-refractivity contribution >= 4 is 34.3 Å². The van der Waals surface area contributed by atoms with Gasteiger partial charge in [-0.25, -0.2) is 19.6 Å². The van der Waals surface area contributed by atoms with Crippen LogP contribution in [0.25, 0.3) is 21.8 Å². The molecule has 0 spiro atoms. The zero-order valence-electron chi connectivity index (χ0n) is 19.4. The summed E-state index contributed by atoms with van der Waals surface area (Å²) in [5.41, 5.74) is 5.19. The number of nitrogens with one attached hydrogen (secondary N) is 3. The smallest absolute Gasteiger partial charge is 0.339 e. The highest BCUT2D eigenvalue weighted by molar-refractivity contribution is 7.20. The van der Waals surface area contributed by atoms with Crippen molar-refractivity contribution < 1.29 is 13.9 Å². The van der Waals surface area contributed by atoms with Gasteiger partial charge >= 0.3 is 6.03 Å². The van der Waals surface area contributed by atoms with Crippen molar-refractivity contribution in [2.45, 2.75) is 0 Å². The van der Waals surface area contributed by atoms with Crippen LogP contribution in [-0.4, -0.2) is 53.7 Å². The first-order valence-electron chi connectivity index (χ1n) is 11.3. The van der Waals surface area contributed by atoms with E-state index >= 15 is 0 Å². The van der Waals surface area contributed by atoms with Gasteiger partial charge in [0.25, 0.3) is 0 Å². The number of hydrogen-bond donors (Lipinski definition) is 3. The van der Waals surface area contributed by atoms with Gasteiger partial charge in [0.1, 0.15) is 23.2 Å². The number of benzene rings is 2. The number of morpholine rings is 1. The van der Waals surface area contributed by atoms with E-state index in [1.54, 1.807) is 30.3 Å². The van der Waals surface area contributed by atoms with Crippen LogP contribution in [0.5, 0.6) is 0 Å². The van der Waals surface area contributed by atoms with E-state index in [0.717, 1.165) is 21.0 Å². The second-order valence-corrected chi connectivity index (χ2v) is 8.95. The van der Waals surface area contributed by atoms with Crippen LogP contribution in [0.4, 0.5) is 19.9 Å². The zero-order chi connectivity index (χ0) is 25.6. The monoisotopic (exact) mass is 516 g/mol. The van der Waals surface area contributed by atoms with Crippen molar-refractivity contribution in [3.8, 4) is 27.9 Å². The van der Waals surface area contributed by atoms with E-state index in [1.807, 2.05) is 12.1 Å². The Hall–Kier alpha value is -4.60. The molecule has 1 saturated heterocycles. The second-order valence-electron chi connectivity index (χ2n) is 7.95. The van der Waals surface area contributed by atoms with Crippen molar-refractivity contribution in [2.75, 3.05) is 36.5 Å². The van der Waals surface area contributed by atoms with Gasteiger partial charge in [-0.3, -0.25) is 5.10 Å². The number of nitriles is 1. The number of urea groups is 1. The quantitative estimate of drug-likeness (QED) is 0.260. The number of H-pyrrole nitrogens is 1.